The number of hydrogen-bond acceptors (Lipinski definition) is 3. The second-order valence-electron chi connectivity index (χ2n) is 9.82. The number of anilines is 1. The first-order chi connectivity index (χ1) is 17.0. The number of pyridine rings is 1. The zero-order valence-electron chi connectivity index (χ0n) is 21.4. The summed E-state index contributed by atoms with van der Waals surface area (Å²) in [4.78, 5) is 9.61. The minimum absolute atomic E-state index is 0.0447. The van der Waals surface area contributed by atoms with Crippen LogP contribution in [0.5, 0.6) is 0 Å². The number of nitrogens with one attached hydrogen (secondary N) is 1. The number of hydrogen-bond donors (Lipinski definition) is 1. The molecule has 0 bridgehead atoms. The van der Waals surface area contributed by atoms with Gasteiger partial charge in [0.1, 0.15) is 0 Å². The zero-order valence-corrected chi connectivity index (χ0v) is 22.2. The minimum Gasteiger partial charge on any atom is -0.372 e. The van der Waals surface area contributed by atoms with Gasteiger partial charge in [-0.3, -0.25) is 4.98 Å². The van der Waals surface area contributed by atoms with Crippen LogP contribution in [0.3, 0.4) is 0 Å². The molecule has 1 aliphatic carbocycles. The molecule has 2 atom stereocenters. The van der Waals surface area contributed by atoms with Gasteiger partial charge in [-0.1, -0.05) is 18.9 Å². The summed E-state index contributed by atoms with van der Waals surface area (Å²) in [7, 11) is 0. The van der Waals surface area contributed by atoms with Gasteiger partial charge in [0.05, 0.1) is 17.8 Å². The quantitative estimate of drug-likeness (QED) is 0.399. The maximum Gasteiger partial charge on any atom is 0.170 e. The second kappa shape index (κ2) is 10.0. The van der Waals surface area contributed by atoms with Crippen molar-refractivity contribution in [2.75, 3.05) is 18.0 Å². The summed E-state index contributed by atoms with van der Waals surface area (Å²) in [6, 6.07) is 18.2. The monoisotopic (exact) mass is 487 g/mol. The van der Waals surface area contributed by atoms with Gasteiger partial charge >= 0.3 is 0 Å². The van der Waals surface area contributed by atoms with Gasteiger partial charge in [0.25, 0.3) is 0 Å². The van der Waals surface area contributed by atoms with Crippen molar-refractivity contribution in [2.24, 2.45) is 0 Å². The molecule has 1 aliphatic heterocycles. The maximum atomic E-state index is 5.94. The standard InChI is InChI=1S/C29H37N5S/c1-5-32(6-2)22-14-16-24(17-15-22)33-20(3)19-25(21(33)4)28-27(26-13-9-10-18-30-26)31-29(35)34(28)23-11-7-8-12-23/h9-10,13-19,23,27-28H,5-8,11-12H2,1-4H3,(H,31,35)/t27-,28+/m1/s1. The highest BCUT2D eigenvalue weighted by atomic mass is 32.1. The van der Waals surface area contributed by atoms with Gasteiger partial charge in [-0.05, 0) is 101 Å². The number of nitrogens with zero attached hydrogens (tertiary/aromatic N) is 4. The molecule has 2 fully saturated rings. The van der Waals surface area contributed by atoms with Crippen molar-refractivity contribution in [2.45, 2.75) is 71.5 Å². The van der Waals surface area contributed by atoms with Crippen LogP contribution in [0.25, 0.3) is 5.69 Å². The van der Waals surface area contributed by atoms with E-state index in [-0.39, 0.29) is 12.1 Å². The summed E-state index contributed by atoms with van der Waals surface area (Å²) in [6.45, 7) is 10.9. The zero-order chi connectivity index (χ0) is 24.5. The largest absolute Gasteiger partial charge is 0.372 e. The van der Waals surface area contributed by atoms with E-state index >= 15 is 0 Å². The van der Waals surface area contributed by atoms with Crippen molar-refractivity contribution >= 4 is 23.0 Å². The van der Waals surface area contributed by atoms with E-state index in [1.165, 1.54) is 54.0 Å². The van der Waals surface area contributed by atoms with Gasteiger partial charge in [0.15, 0.2) is 5.11 Å². The molecular weight excluding hydrogens is 450 g/mol. The van der Waals surface area contributed by atoms with Gasteiger partial charge in [-0.2, -0.15) is 0 Å². The molecule has 5 nitrogen and oxygen atoms in total. The van der Waals surface area contributed by atoms with E-state index in [0.29, 0.717) is 6.04 Å². The van der Waals surface area contributed by atoms with Crippen molar-refractivity contribution in [1.82, 2.24) is 19.8 Å². The fourth-order valence-electron chi connectivity index (χ4n) is 6.16. The lowest BCUT2D eigenvalue weighted by molar-refractivity contribution is 0.245. The topological polar surface area (TPSA) is 36.3 Å². The molecule has 0 spiro atoms. The van der Waals surface area contributed by atoms with Crippen molar-refractivity contribution in [3.8, 4) is 5.69 Å². The number of benzene rings is 1. The predicted molar refractivity (Wildman–Crippen MR) is 148 cm³/mol. The Balaban J connectivity index is 1.56. The summed E-state index contributed by atoms with van der Waals surface area (Å²) < 4.78 is 2.39. The van der Waals surface area contributed by atoms with Gasteiger partial charge < -0.3 is 19.7 Å². The van der Waals surface area contributed by atoms with E-state index in [0.717, 1.165) is 23.9 Å². The van der Waals surface area contributed by atoms with E-state index in [4.69, 9.17) is 17.2 Å². The van der Waals surface area contributed by atoms with Crippen LogP contribution in [0, 0.1) is 13.8 Å². The summed E-state index contributed by atoms with van der Waals surface area (Å²) in [5, 5.41) is 4.52. The number of aromatic nitrogens is 2. The third kappa shape index (κ3) is 4.33. The molecule has 1 aromatic carbocycles. The fourth-order valence-corrected chi connectivity index (χ4v) is 6.55. The highest BCUT2D eigenvalue weighted by Crippen LogP contribution is 2.44. The second-order valence-corrected chi connectivity index (χ2v) is 10.2. The molecule has 1 saturated carbocycles. The summed E-state index contributed by atoms with van der Waals surface area (Å²) in [5.41, 5.74) is 7.39. The highest BCUT2D eigenvalue weighted by Gasteiger charge is 2.44. The number of rotatable bonds is 7. The van der Waals surface area contributed by atoms with Crippen LogP contribution in [0.15, 0.2) is 54.7 Å². The maximum absolute atomic E-state index is 5.94. The molecule has 0 radical (unpaired) electrons. The lowest BCUT2D eigenvalue weighted by Gasteiger charge is -2.33. The van der Waals surface area contributed by atoms with Gasteiger partial charge in [-0.25, -0.2) is 0 Å². The number of thiocarbonyl (C=S) groups is 1. The Labute approximate surface area is 215 Å². The van der Waals surface area contributed by atoms with E-state index in [1.807, 2.05) is 12.3 Å². The van der Waals surface area contributed by atoms with Crippen LogP contribution in [0.4, 0.5) is 5.69 Å². The molecule has 0 amide bonds. The summed E-state index contributed by atoms with van der Waals surface area (Å²) in [5.74, 6) is 0. The van der Waals surface area contributed by atoms with Crippen LogP contribution in [-0.4, -0.2) is 38.7 Å². The van der Waals surface area contributed by atoms with Crippen molar-refractivity contribution < 1.29 is 0 Å². The predicted octanol–water partition coefficient (Wildman–Crippen LogP) is 6.25. The molecule has 35 heavy (non-hydrogen) atoms. The molecule has 3 aromatic rings. The average Bonchev–Trinajstić information content (AvgIpc) is 3.59. The van der Waals surface area contributed by atoms with Crippen LogP contribution >= 0.6 is 12.2 Å². The third-order valence-electron chi connectivity index (χ3n) is 7.88. The first-order valence-corrected chi connectivity index (χ1v) is 13.5. The Bertz CT molecular complexity index is 1160. The molecule has 1 N–H and O–H groups in total. The Morgan fingerprint density at radius 3 is 2.37 bits per heavy atom. The first kappa shape index (κ1) is 23.9. The normalized spacial score (nSPS) is 20.5. The molecular formula is C29H37N5S. The molecule has 0 unspecified atom stereocenters. The van der Waals surface area contributed by atoms with Crippen LogP contribution in [-0.2, 0) is 0 Å². The smallest absolute Gasteiger partial charge is 0.170 e. The third-order valence-corrected chi connectivity index (χ3v) is 8.21. The molecule has 2 aromatic heterocycles. The van der Waals surface area contributed by atoms with Crippen LogP contribution in [0.2, 0.25) is 0 Å². The van der Waals surface area contributed by atoms with Gasteiger partial charge in [-0.15, -0.1) is 0 Å². The lowest BCUT2D eigenvalue weighted by atomic mass is 9.95. The van der Waals surface area contributed by atoms with Gasteiger partial charge in [0, 0.05) is 48.1 Å². The lowest BCUT2D eigenvalue weighted by Crippen LogP contribution is -2.37. The van der Waals surface area contributed by atoms with E-state index in [9.17, 15) is 0 Å². The van der Waals surface area contributed by atoms with Crippen LogP contribution < -0.4 is 10.2 Å². The van der Waals surface area contributed by atoms with Crippen molar-refractivity contribution in [3.05, 3.63) is 77.4 Å². The first-order valence-electron chi connectivity index (χ1n) is 13.1. The Kier molecular flexibility index (Phi) is 6.83. The van der Waals surface area contributed by atoms with E-state index < -0.39 is 0 Å². The van der Waals surface area contributed by atoms with Gasteiger partial charge in [0.2, 0.25) is 0 Å². The Morgan fingerprint density at radius 1 is 1.03 bits per heavy atom. The summed E-state index contributed by atoms with van der Waals surface area (Å²) in [6.07, 6.45) is 6.86. The van der Waals surface area contributed by atoms with E-state index in [1.54, 1.807) is 0 Å². The molecule has 184 valence electrons. The number of aryl methyl sites for hydroxylation is 1. The van der Waals surface area contributed by atoms with Crippen molar-refractivity contribution in [3.63, 3.8) is 0 Å². The minimum atomic E-state index is 0.0447. The fraction of sp³-hybridized carbons (Fsp3) is 0.448. The van der Waals surface area contributed by atoms with Crippen LogP contribution in [0.1, 0.15) is 74.3 Å². The molecule has 2 aliphatic rings. The summed E-state index contributed by atoms with van der Waals surface area (Å²) >= 11 is 5.94. The Morgan fingerprint density at radius 2 is 1.74 bits per heavy atom. The Hall–Kier alpha value is -2.86. The average molecular weight is 488 g/mol. The molecule has 3 heterocycles. The SMILES string of the molecule is CCN(CC)c1ccc(-n2c(C)cc([C@H]3[C@@H](c4ccccn4)NC(=S)N3C3CCCC3)c2C)cc1. The molecule has 6 heteroatoms. The van der Waals surface area contributed by atoms with E-state index in [2.05, 4.69) is 89.8 Å². The van der Waals surface area contributed by atoms with Crippen molar-refractivity contribution in [1.29, 1.82) is 0 Å². The highest BCUT2D eigenvalue weighted by molar-refractivity contribution is 7.80. The molecule has 1 saturated heterocycles. The molecule has 5 rings (SSSR count).